The predicted molar refractivity (Wildman–Crippen MR) is 120 cm³/mol. The highest BCUT2D eigenvalue weighted by Gasteiger charge is 2.38. The minimum Gasteiger partial charge on any atom is -0.481 e. The van der Waals surface area contributed by atoms with Crippen LogP contribution < -0.4 is 10.1 Å². The number of aromatic amines is 1. The molecule has 33 heavy (non-hydrogen) atoms. The molecule has 0 bridgehead atoms. The molecule has 0 aliphatic heterocycles. The molecule has 2 heterocycles. The van der Waals surface area contributed by atoms with Gasteiger partial charge >= 0.3 is 6.09 Å². The molecule has 4 N–H and O–H groups in total. The molecule has 178 valence electrons. The quantitative estimate of drug-likeness (QED) is 0.501. The minimum absolute atomic E-state index is 0.0290. The molecule has 2 fully saturated rings. The molecule has 10 heteroatoms. The van der Waals surface area contributed by atoms with Gasteiger partial charge in [-0.05, 0) is 50.5 Å². The summed E-state index contributed by atoms with van der Waals surface area (Å²) in [5.41, 5.74) is 1.68. The number of hydrogen-bond acceptors (Lipinski definition) is 6. The molecule has 0 radical (unpaired) electrons. The average Bonchev–Trinajstić information content (AvgIpc) is 3.45. The van der Waals surface area contributed by atoms with E-state index in [0.717, 1.165) is 30.5 Å². The summed E-state index contributed by atoms with van der Waals surface area (Å²) in [5, 5.41) is 29.6. The molecule has 0 saturated heterocycles. The topological polar surface area (TPSA) is 141 Å². The first-order chi connectivity index (χ1) is 15.9. The van der Waals surface area contributed by atoms with Crippen molar-refractivity contribution >= 4 is 17.8 Å². The molecular weight excluding hydrogens is 426 g/mol. The summed E-state index contributed by atoms with van der Waals surface area (Å²) in [5.74, 6) is 0.917. The van der Waals surface area contributed by atoms with Gasteiger partial charge in [0, 0.05) is 42.0 Å². The van der Waals surface area contributed by atoms with Crippen LogP contribution in [-0.2, 0) is 11.2 Å². The summed E-state index contributed by atoms with van der Waals surface area (Å²) in [6.07, 6.45) is 5.68. The van der Waals surface area contributed by atoms with Crippen LogP contribution in [0.1, 0.15) is 62.1 Å². The third-order valence-electron chi connectivity index (χ3n) is 6.76. The van der Waals surface area contributed by atoms with Crippen molar-refractivity contribution in [2.24, 2.45) is 0 Å². The first-order valence-corrected chi connectivity index (χ1v) is 11.5. The highest BCUT2D eigenvalue weighted by Crippen LogP contribution is 2.39. The largest absolute Gasteiger partial charge is 0.481 e. The van der Waals surface area contributed by atoms with E-state index in [-0.39, 0.29) is 36.4 Å². The molecule has 0 spiro atoms. The van der Waals surface area contributed by atoms with E-state index in [4.69, 9.17) is 4.74 Å². The van der Waals surface area contributed by atoms with Crippen molar-refractivity contribution in [3.63, 3.8) is 0 Å². The van der Waals surface area contributed by atoms with Gasteiger partial charge in [-0.25, -0.2) is 9.78 Å². The lowest BCUT2D eigenvalue weighted by molar-refractivity contribution is -0.115. The fourth-order valence-electron chi connectivity index (χ4n) is 5.06. The van der Waals surface area contributed by atoms with Gasteiger partial charge in [0.15, 0.2) is 5.82 Å². The summed E-state index contributed by atoms with van der Waals surface area (Å²) < 4.78 is 5.02. The molecule has 0 aromatic carbocycles. The summed E-state index contributed by atoms with van der Waals surface area (Å²) in [4.78, 5) is 30.1. The average molecular weight is 458 g/mol. The first-order valence-electron chi connectivity index (χ1n) is 11.5. The van der Waals surface area contributed by atoms with Gasteiger partial charge in [-0.2, -0.15) is 5.10 Å². The summed E-state index contributed by atoms with van der Waals surface area (Å²) in [6, 6.07) is 5.26. The number of pyridine rings is 1. The number of ether oxygens (including phenoxy) is 1. The standard InChI is InChI=1S/C23H31N5O5/c1-33-22-9-2-14(13-24-22)10-21(30)25-20-12-19(26-27-20)15-3-4-17(11-15)28(23(31)32)16-5-7-18(29)8-6-16/h2,9,12-13,15-18,29H,3-8,10-11H2,1H3,(H,31,32)(H2,25,26,27,30)/t15-,16?,17+,18?/m1/s1. The Balaban J connectivity index is 1.32. The highest BCUT2D eigenvalue weighted by atomic mass is 16.5. The highest BCUT2D eigenvalue weighted by molar-refractivity contribution is 5.91. The molecule has 2 aromatic heterocycles. The molecule has 0 unspecified atom stereocenters. The van der Waals surface area contributed by atoms with Crippen LogP contribution in [0.15, 0.2) is 24.4 Å². The van der Waals surface area contributed by atoms with Gasteiger partial charge in [0.05, 0.1) is 19.6 Å². The number of hydrogen-bond donors (Lipinski definition) is 4. The van der Waals surface area contributed by atoms with E-state index in [2.05, 4.69) is 20.5 Å². The minimum atomic E-state index is -0.882. The summed E-state index contributed by atoms with van der Waals surface area (Å²) in [7, 11) is 1.54. The van der Waals surface area contributed by atoms with Crippen LogP contribution in [-0.4, -0.2) is 67.6 Å². The van der Waals surface area contributed by atoms with Crippen molar-refractivity contribution in [1.82, 2.24) is 20.1 Å². The Hall–Kier alpha value is -3.14. The second kappa shape index (κ2) is 10.2. The van der Waals surface area contributed by atoms with Crippen molar-refractivity contribution < 1.29 is 24.5 Å². The van der Waals surface area contributed by atoms with Crippen molar-refractivity contribution in [1.29, 1.82) is 0 Å². The molecular formula is C23H31N5O5. The van der Waals surface area contributed by atoms with Gasteiger partial charge in [0.25, 0.3) is 0 Å². The van der Waals surface area contributed by atoms with Crippen molar-refractivity contribution in [2.75, 3.05) is 12.4 Å². The lowest BCUT2D eigenvalue weighted by atomic mass is 9.91. The van der Waals surface area contributed by atoms with Gasteiger partial charge < -0.3 is 25.2 Å². The molecule has 4 rings (SSSR count). The third kappa shape index (κ3) is 5.62. The summed E-state index contributed by atoms with van der Waals surface area (Å²) in [6.45, 7) is 0. The van der Waals surface area contributed by atoms with E-state index in [1.54, 1.807) is 23.2 Å². The van der Waals surface area contributed by atoms with Crippen LogP contribution in [0.3, 0.4) is 0 Å². The molecule has 2 aliphatic carbocycles. The van der Waals surface area contributed by atoms with E-state index in [0.29, 0.717) is 37.4 Å². The van der Waals surface area contributed by atoms with Crippen molar-refractivity contribution in [3.05, 3.63) is 35.7 Å². The lowest BCUT2D eigenvalue weighted by Gasteiger charge is -2.37. The number of carbonyl (C=O) groups excluding carboxylic acids is 1. The van der Waals surface area contributed by atoms with Gasteiger partial charge in [0.2, 0.25) is 11.8 Å². The Labute approximate surface area is 192 Å². The number of nitrogens with one attached hydrogen (secondary N) is 2. The number of rotatable bonds is 7. The van der Waals surface area contributed by atoms with E-state index in [1.165, 1.54) is 7.11 Å². The number of carbonyl (C=O) groups is 2. The van der Waals surface area contributed by atoms with Crippen LogP contribution >= 0.6 is 0 Å². The van der Waals surface area contributed by atoms with Gasteiger partial charge in [-0.3, -0.25) is 9.89 Å². The van der Waals surface area contributed by atoms with Crippen LogP contribution in [0.25, 0.3) is 0 Å². The number of nitrogens with zero attached hydrogens (tertiary/aromatic N) is 3. The second-order valence-electron chi connectivity index (χ2n) is 8.96. The Morgan fingerprint density at radius 1 is 1.18 bits per heavy atom. The van der Waals surface area contributed by atoms with Crippen LogP contribution in [0, 0.1) is 0 Å². The zero-order chi connectivity index (χ0) is 23.4. The number of amides is 2. The maximum absolute atomic E-state index is 12.4. The lowest BCUT2D eigenvalue weighted by Crippen LogP contribution is -2.47. The summed E-state index contributed by atoms with van der Waals surface area (Å²) >= 11 is 0. The first kappa shape index (κ1) is 23.0. The normalized spacial score (nSPS) is 24.9. The zero-order valence-corrected chi connectivity index (χ0v) is 18.7. The molecule has 2 aromatic rings. The van der Waals surface area contributed by atoms with Crippen LogP contribution in [0.5, 0.6) is 5.88 Å². The second-order valence-corrected chi connectivity index (χ2v) is 8.96. The van der Waals surface area contributed by atoms with Crippen LogP contribution in [0.2, 0.25) is 0 Å². The Morgan fingerprint density at radius 2 is 1.94 bits per heavy atom. The van der Waals surface area contributed by atoms with E-state index in [1.807, 2.05) is 6.07 Å². The molecule has 2 aliphatic rings. The Kier molecular flexibility index (Phi) is 7.12. The molecule has 2 amide bonds. The SMILES string of the molecule is COc1ccc(CC(=O)Nc2cc([C@@H]3CC[C@H](N(C(=O)O)C4CCC(O)CC4)C3)[nH]n2)cn1. The van der Waals surface area contributed by atoms with Gasteiger partial charge in [-0.1, -0.05) is 6.07 Å². The van der Waals surface area contributed by atoms with E-state index in [9.17, 15) is 19.8 Å². The molecule has 2 saturated carbocycles. The van der Waals surface area contributed by atoms with E-state index >= 15 is 0 Å². The number of aliphatic hydroxyl groups is 1. The number of aromatic nitrogens is 3. The Bertz CT molecular complexity index is 954. The third-order valence-corrected chi connectivity index (χ3v) is 6.76. The predicted octanol–water partition coefficient (Wildman–Crippen LogP) is 2.91. The zero-order valence-electron chi connectivity index (χ0n) is 18.7. The fourth-order valence-corrected chi connectivity index (χ4v) is 5.06. The number of carboxylic acid groups (broad SMARTS) is 1. The molecule has 10 nitrogen and oxygen atoms in total. The number of H-pyrrole nitrogens is 1. The Morgan fingerprint density at radius 3 is 2.61 bits per heavy atom. The molecule has 2 atom stereocenters. The monoisotopic (exact) mass is 457 g/mol. The fraction of sp³-hybridized carbons (Fsp3) is 0.565. The maximum Gasteiger partial charge on any atom is 0.407 e. The van der Waals surface area contributed by atoms with Crippen LogP contribution in [0.4, 0.5) is 10.6 Å². The number of methoxy groups -OCH3 is 1. The van der Waals surface area contributed by atoms with E-state index < -0.39 is 6.09 Å². The van der Waals surface area contributed by atoms with Crippen molar-refractivity contribution in [3.8, 4) is 5.88 Å². The van der Waals surface area contributed by atoms with Gasteiger partial charge in [0.1, 0.15) is 0 Å². The number of anilines is 1. The number of aliphatic hydroxyl groups excluding tert-OH is 1. The maximum atomic E-state index is 12.4. The smallest absolute Gasteiger partial charge is 0.407 e. The van der Waals surface area contributed by atoms with Crippen molar-refractivity contribution in [2.45, 2.75) is 75.5 Å². The van der Waals surface area contributed by atoms with Gasteiger partial charge in [-0.15, -0.1) is 0 Å².